The average molecular weight is 433 g/mol. The first-order valence-electron chi connectivity index (χ1n) is 9.71. The van der Waals surface area contributed by atoms with Gasteiger partial charge in [0.15, 0.2) is 5.65 Å². The third kappa shape index (κ3) is 3.60. The van der Waals surface area contributed by atoms with Crippen molar-refractivity contribution >= 4 is 17.2 Å². The zero-order valence-electron chi connectivity index (χ0n) is 16.7. The lowest BCUT2D eigenvalue weighted by Gasteiger charge is -2.10. The highest BCUT2D eigenvalue weighted by atomic mass is 35.5. The van der Waals surface area contributed by atoms with Gasteiger partial charge in [0.05, 0.1) is 23.6 Å². The zero-order chi connectivity index (χ0) is 21.4. The maximum atomic E-state index is 14.1. The molecule has 154 valence electrons. The van der Waals surface area contributed by atoms with Crippen molar-refractivity contribution in [3.05, 3.63) is 95.7 Å². The number of hydrogen-bond donors (Lipinski definition) is 0. The van der Waals surface area contributed by atoms with Crippen molar-refractivity contribution in [2.75, 3.05) is 7.11 Å². The van der Waals surface area contributed by atoms with Crippen LogP contribution in [0.25, 0.3) is 33.8 Å². The SMILES string of the molecule is COCc1nn2c(-c3cccc(F)c3)cc(-n3cccc3)nc2c1-c1ccc(Cl)cc1. The van der Waals surface area contributed by atoms with Crippen LogP contribution >= 0.6 is 11.6 Å². The van der Waals surface area contributed by atoms with E-state index < -0.39 is 0 Å². The van der Waals surface area contributed by atoms with Crippen LogP contribution in [0.5, 0.6) is 0 Å². The predicted molar refractivity (Wildman–Crippen MR) is 119 cm³/mol. The average Bonchev–Trinajstić information content (AvgIpc) is 3.42. The number of benzene rings is 2. The van der Waals surface area contributed by atoms with E-state index in [2.05, 4.69) is 0 Å². The molecule has 0 aliphatic carbocycles. The maximum absolute atomic E-state index is 14.1. The number of fused-ring (bicyclic) bond motifs is 1. The molecule has 5 rings (SSSR count). The number of nitrogens with zero attached hydrogens (tertiary/aromatic N) is 4. The van der Waals surface area contributed by atoms with Crippen molar-refractivity contribution in [2.24, 2.45) is 0 Å². The van der Waals surface area contributed by atoms with E-state index in [1.54, 1.807) is 17.7 Å². The third-order valence-electron chi connectivity index (χ3n) is 5.05. The largest absolute Gasteiger partial charge is 0.378 e. The van der Waals surface area contributed by atoms with Crippen molar-refractivity contribution in [1.29, 1.82) is 0 Å². The molecule has 0 atom stereocenters. The standard InChI is InChI=1S/C24H18ClFN4O/c1-31-15-20-23(16-7-9-18(25)10-8-16)24-27-22(29-11-2-3-12-29)14-21(30(24)28-20)17-5-4-6-19(26)13-17/h2-14H,15H2,1H3. The van der Waals surface area contributed by atoms with E-state index in [-0.39, 0.29) is 5.82 Å². The first kappa shape index (κ1) is 19.5. The molecular formula is C24H18ClFN4O. The molecule has 7 heteroatoms. The quantitative estimate of drug-likeness (QED) is 0.353. The predicted octanol–water partition coefficient (Wildman–Crippen LogP) is 5.79. The summed E-state index contributed by atoms with van der Waals surface area (Å²) in [5.74, 6) is 0.392. The summed E-state index contributed by atoms with van der Waals surface area (Å²) in [6, 6.07) is 19.8. The summed E-state index contributed by atoms with van der Waals surface area (Å²) < 4.78 is 23.1. The van der Waals surface area contributed by atoms with E-state index in [0.717, 1.165) is 22.5 Å². The highest BCUT2D eigenvalue weighted by Crippen LogP contribution is 2.33. The van der Waals surface area contributed by atoms with Gasteiger partial charge < -0.3 is 9.30 Å². The Bertz CT molecular complexity index is 1360. The minimum absolute atomic E-state index is 0.308. The van der Waals surface area contributed by atoms with Gasteiger partial charge in [0, 0.05) is 36.2 Å². The van der Waals surface area contributed by atoms with Gasteiger partial charge in [-0.25, -0.2) is 13.9 Å². The Morgan fingerprint density at radius 3 is 2.45 bits per heavy atom. The fourth-order valence-corrected chi connectivity index (χ4v) is 3.80. The summed E-state index contributed by atoms with van der Waals surface area (Å²) in [5.41, 5.74) is 4.60. The Labute approximate surface area is 183 Å². The fourth-order valence-electron chi connectivity index (χ4n) is 3.67. The summed E-state index contributed by atoms with van der Waals surface area (Å²) in [4.78, 5) is 4.91. The van der Waals surface area contributed by atoms with Gasteiger partial charge >= 0.3 is 0 Å². The van der Waals surface area contributed by atoms with Gasteiger partial charge in [0.2, 0.25) is 0 Å². The minimum atomic E-state index is -0.313. The van der Waals surface area contributed by atoms with E-state index in [1.807, 2.05) is 65.5 Å². The molecule has 2 aromatic carbocycles. The first-order chi connectivity index (χ1) is 15.1. The Kier molecular flexibility index (Phi) is 5.02. The number of hydrogen-bond acceptors (Lipinski definition) is 3. The highest BCUT2D eigenvalue weighted by molar-refractivity contribution is 6.30. The zero-order valence-corrected chi connectivity index (χ0v) is 17.4. The summed E-state index contributed by atoms with van der Waals surface area (Å²) in [6.45, 7) is 0.308. The van der Waals surface area contributed by atoms with Gasteiger partial charge in [-0.05, 0) is 42.0 Å². The number of halogens is 2. The lowest BCUT2D eigenvalue weighted by Crippen LogP contribution is -2.02. The van der Waals surface area contributed by atoms with Crippen LogP contribution in [0.15, 0.2) is 79.1 Å². The molecule has 0 saturated carbocycles. The molecular weight excluding hydrogens is 415 g/mol. The van der Waals surface area contributed by atoms with Gasteiger partial charge in [-0.15, -0.1) is 0 Å². The van der Waals surface area contributed by atoms with Crippen molar-refractivity contribution in [3.63, 3.8) is 0 Å². The molecule has 0 amide bonds. The molecule has 0 aliphatic rings. The molecule has 3 aromatic heterocycles. The second kappa shape index (κ2) is 7.98. The lowest BCUT2D eigenvalue weighted by atomic mass is 10.1. The molecule has 0 fully saturated rings. The third-order valence-corrected chi connectivity index (χ3v) is 5.30. The van der Waals surface area contributed by atoms with Crippen LogP contribution in [-0.4, -0.2) is 26.3 Å². The van der Waals surface area contributed by atoms with Gasteiger partial charge in [-0.3, -0.25) is 0 Å². The summed E-state index contributed by atoms with van der Waals surface area (Å²) >= 11 is 6.11. The first-order valence-corrected chi connectivity index (χ1v) is 10.1. The minimum Gasteiger partial charge on any atom is -0.378 e. The Morgan fingerprint density at radius 1 is 0.968 bits per heavy atom. The van der Waals surface area contributed by atoms with E-state index in [0.29, 0.717) is 28.7 Å². The van der Waals surface area contributed by atoms with Gasteiger partial charge in [0.1, 0.15) is 11.6 Å². The van der Waals surface area contributed by atoms with Crippen LogP contribution in [0, 0.1) is 5.82 Å². The van der Waals surface area contributed by atoms with Crippen LogP contribution in [0.1, 0.15) is 5.69 Å². The van der Waals surface area contributed by atoms with E-state index in [4.69, 9.17) is 26.4 Å². The van der Waals surface area contributed by atoms with Crippen LogP contribution in [0.2, 0.25) is 5.02 Å². The molecule has 0 unspecified atom stereocenters. The molecule has 5 aromatic rings. The normalized spacial score (nSPS) is 11.3. The number of rotatable bonds is 5. The summed E-state index contributed by atoms with van der Waals surface area (Å²) in [5, 5.41) is 5.44. The second-order valence-corrected chi connectivity index (χ2v) is 7.53. The fraction of sp³-hybridized carbons (Fsp3) is 0.0833. The topological polar surface area (TPSA) is 44.4 Å². The Balaban J connectivity index is 1.86. The van der Waals surface area contributed by atoms with E-state index in [9.17, 15) is 4.39 Å². The summed E-state index contributed by atoms with van der Waals surface area (Å²) in [7, 11) is 1.63. The van der Waals surface area contributed by atoms with Crippen molar-refractivity contribution in [3.8, 4) is 28.2 Å². The highest BCUT2D eigenvalue weighted by Gasteiger charge is 2.20. The molecule has 0 radical (unpaired) electrons. The monoisotopic (exact) mass is 432 g/mol. The number of aromatic nitrogens is 4. The van der Waals surface area contributed by atoms with Gasteiger partial charge in [0.25, 0.3) is 0 Å². The smallest absolute Gasteiger partial charge is 0.166 e. The molecule has 5 nitrogen and oxygen atoms in total. The van der Waals surface area contributed by atoms with E-state index in [1.165, 1.54) is 12.1 Å². The molecule has 3 heterocycles. The van der Waals surface area contributed by atoms with Crippen molar-refractivity contribution < 1.29 is 9.13 Å². The van der Waals surface area contributed by atoms with Crippen LogP contribution in [-0.2, 0) is 11.3 Å². The lowest BCUT2D eigenvalue weighted by molar-refractivity contribution is 0.181. The molecule has 0 N–H and O–H groups in total. The van der Waals surface area contributed by atoms with Crippen LogP contribution < -0.4 is 0 Å². The van der Waals surface area contributed by atoms with E-state index >= 15 is 0 Å². The molecule has 0 spiro atoms. The van der Waals surface area contributed by atoms with Crippen molar-refractivity contribution in [1.82, 2.24) is 19.2 Å². The number of ether oxygens (including phenoxy) is 1. The molecule has 0 aliphatic heterocycles. The number of methoxy groups -OCH3 is 1. The molecule has 0 bridgehead atoms. The Hall–Kier alpha value is -3.48. The summed E-state index contributed by atoms with van der Waals surface area (Å²) in [6.07, 6.45) is 3.84. The van der Waals surface area contributed by atoms with Crippen molar-refractivity contribution in [2.45, 2.75) is 6.61 Å². The van der Waals surface area contributed by atoms with Gasteiger partial charge in [-0.1, -0.05) is 35.9 Å². The molecule has 0 saturated heterocycles. The van der Waals surface area contributed by atoms with Gasteiger partial charge in [-0.2, -0.15) is 5.10 Å². The maximum Gasteiger partial charge on any atom is 0.166 e. The Morgan fingerprint density at radius 2 is 1.74 bits per heavy atom. The second-order valence-electron chi connectivity index (χ2n) is 7.10. The van der Waals surface area contributed by atoms with Crippen LogP contribution in [0.3, 0.4) is 0 Å². The van der Waals surface area contributed by atoms with Crippen LogP contribution in [0.4, 0.5) is 4.39 Å². The molecule has 31 heavy (non-hydrogen) atoms.